The molecule has 3 heteroatoms. The van der Waals surface area contributed by atoms with E-state index in [1.54, 1.807) is 0 Å². The van der Waals surface area contributed by atoms with E-state index in [4.69, 9.17) is 10.9 Å². The second-order valence-electron chi connectivity index (χ2n) is 3.28. The van der Waals surface area contributed by atoms with Gasteiger partial charge in [0.25, 0.3) is 0 Å². The van der Waals surface area contributed by atoms with Gasteiger partial charge in [0.2, 0.25) is 0 Å². The Balaban J connectivity index is 2.53. The van der Waals surface area contributed by atoms with Crippen LogP contribution in [-0.4, -0.2) is 11.0 Å². The minimum atomic E-state index is 0.221. The van der Waals surface area contributed by atoms with Crippen LogP contribution in [-0.2, 0) is 12.8 Å². The maximum absolute atomic E-state index is 8.58. The van der Waals surface area contributed by atoms with Gasteiger partial charge in [0.1, 0.15) is 0 Å². The first-order chi connectivity index (χ1) is 6.33. The van der Waals surface area contributed by atoms with Crippen molar-refractivity contribution in [1.82, 2.24) is 0 Å². The van der Waals surface area contributed by atoms with Gasteiger partial charge in [-0.25, -0.2) is 0 Å². The number of hydrogen-bond acceptors (Lipinski definition) is 2. The van der Waals surface area contributed by atoms with E-state index < -0.39 is 0 Å². The summed E-state index contributed by atoms with van der Waals surface area (Å²) in [6, 6.07) is 5.97. The van der Waals surface area contributed by atoms with Crippen LogP contribution >= 0.6 is 0 Å². The summed E-state index contributed by atoms with van der Waals surface area (Å²) in [7, 11) is 0. The summed E-state index contributed by atoms with van der Waals surface area (Å²) in [5.41, 5.74) is 9.04. The topological polar surface area (TPSA) is 58.6 Å². The number of oxime groups is 1. The Bertz CT molecular complexity index is 358. The molecule has 0 atom stereocenters. The molecule has 0 aromatic heterocycles. The second-order valence-corrected chi connectivity index (χ2v) is 3.28. The van der Waals surface area contributed by atoms with Crippen molar-refractivity contribution in [2.45, 2.75) is 19.3 Å². The van der Waals surface area contributed by atoms with Crippen LogP contribution in [0.4, 0.5) is 0 Å². The van der Waals surface area contributed by atoms with Gasteiger partial charge in [-0.1, -0.05) is 23.4 Å². The molecule has 0 amide bonds. The van der Waals surface area contributed by atoms with Gasteiger partial charge < -0.3 is 10.9 Å². The summed E-state index contributed by atoms with van der Waals surface area (Å²) in [4.78, 5) is 0. The molecule has 68 valence electrons. The quantitative estimate of drug-likeness (QED) is 0.293. The predicted octanol–water partition coefficient (Wildman–Crippen LogP) is 1.27. The molecule has 1 aliphatic carbocycles. The van der Waals surface area contributed by atoms with Gasteiger partial charge in [-0.05, 0) is 30.4 Å². The summed E-state index contributed by atoms with van der Waals surface area (Å²) >= 11 is 0. The van der Waals surface area contributed by atoms with Crippen molar-refractivity contribution in [2.75, 3.05) is 0 Å². The number of rotatable bonds is 1. The monoisotopic (exact) mass is 176 g/mol. The van der Waals surface area contributed by atoms with E-state index in [2.05, 4.69) is 11.2 Å². The van der Waals surface area contributed by atoms with Gasteiger partial charge in [-0.3, -0.25) is 0 Å². The van der Waals surface area contributed by atoms with Crippen LogP contribution in [0.3, 0.4) is 0 Å². The first kappa shape index (κ1) is 8.10. The fraction of sp³-hybridized carbons (Fsp3) is 0.300. The fourth-order valence-electron chi connectivity index (χ4n) is 1.91. The maximum atomic E-state index is 8.58. The molecule has 0 unspecified atom stereocenters. The largest absolute Gasteiger partial charge is 0.409 e. The highest BCUT2D eigenvalue weighted by Crippen LogP contribution is 2.24. The van der Waals surface area contributed by atoms with Crippen molar-refractivity contribution in [3.8, 4) is 0 Å². The third-order valence-corrected chi connectivity index (χ3v) is 2.53. The van der Waals surface area contributed by atoms with E-state index in [-0.39, 0.29) is 5.84 Å². The Labute approximate surface area is 76.9 Å². The molecule has 0 radical (unpaired) electrons. The van der Waals surface area contributed by atoms with Crippen molar-refractivity contribution < 1.29 is 5.21 Å². The molecule has 0 saturated carbocycles. The molecule has 0 bridgehead atoms. The number of benzene rings is 1. The van der Waals surface area contributed by atoms with Crippen LogP contribution in [0, 0.1) is 0 Å². The zero-order chi connectivity index (χ0) is 9.26. The molecule has 3 N–H and O–H groups in total. The van der Waals surface area contributed by atoms with Crippen LogP contribution < -0.4 is 5.73 Å². The second kappa shape index (κ2) is 3.09. The molecule has 0 aliphatic heterocycles. The molecule has 13 heavy (non-hydrogen) atoms. The normalized spacial score (nSPS) is 15.8. The van der Waals surface area contributed by atoms with E-state index in [0.29, 0.717) is 0 Å². The summed E-state index contributed by atoms with van der Waals surface area (Å²) in [5.74, 6) is 0.221. The lowest BCUT2D eigenvalue weighted by molar-refractivity contribution is 0.318. The highest BCUT2D eigenvalue weighted by molar-refractivity contribution is 5.98. The number of aryl methyl sites for hydroxylation is 1. The lowest BCUT2D eigenvalue weighted by atomic mass is 10.0. The molecule has 3 nitrogen and oxygen atoms in total. The smallest absolute Gasteiger partial charge is 0.170 e. The zero-order valence-corrected chi connectivity index (χ0v) is 7.33. The van der Waals surface area contributed by atoms with Crippen molar-refractivity contribution in [1.29, 1.82) is 0 Å². The van der Waals surface area contributed by atoms with Crippen molar-refractivity contribution in [3.63, 3.8) is 0 Å². The summed E-state index contributed by atoms with van der Waals surface area (Å²) in [6.07, 6.45) is 3.33. The molecular weight excluding hydrogens is 164 g/mol. The third-order valence-electron chi connectivity index (χ3n) is 2.53. The molecule has 2 rings (SSSR count). The summed E-state index contributed by atoms with van der Waals surface area (Å²) < 4.78 is 0. The highest BCUT2D eigenvalue weighted by Gasteiger charge is 2.15. The lowest BCUT2D eigenvalue weighted by Gasteiger charge is -2.05. The highest BCUT2D eigenvalue weighted by atomic mass is 16.4. The average Bonchev–Trinajstić information content (AvgIpc) is 2.63. The predicted molar refractivity (Wildman–Crippen MR) is 51.0 cm³/mol. The standard InChI is InChI=1S/C10H12N2O/c11-10(12-13)9-6-2-4-7-3-1-5-8(7)9/h2,4,6,13H,1,3,5H2,(H2,11,12). The summed E-state index contributed by atoms with van der Waals surface area (Å²) in [5, 5.41) is 11.6. The van der Waals surface area contributed by atoms with Crippen molar-refractivity contribution in [3.05, 3.63) is 34.9 Å². The molecule has 0 heterocycles. The lowest BCUT2D eigenvalue weighted by Crippen LogP contribution is -2.15. The molecule has 1 aliphatic rings. The number of nitrogens with zero attached hydrogens (tertiary/aromatic N) is 1. The Morgan fingerprint density at radius 3 is 3.00 bits per heavy atom. The van der Waals surface area contributed by atoms with Gasteiger partial charge in [0, 0.05) is 5.56 Å². The van der Waals surface area contributed by atoms with Gasteiger partial charge >= 0.3 is 0 Å². The Morgan fingerprint density at radius 1 is 1.38 bits per heavy atom. The first-order valence-electron chi connectivity index (χ1n) is 4.41. The van der Waals surface area contributed by atoms with Crippen molar-refractivity contribution in [2.24, 2.45) is 10.9 Å². The van der Waals surface area contributed by atoms with E-state index in [1.807, 2.05) is 12.1 Å². The molecule has 0 fully saturated rings. The molecule has 0 saturated heterocycles. The zero-order valence-electron chi connectivity index (χ0n) is 7.33. The van der Waals surface area contributed by atoms with E-state index in [1.165, 1.54) is 17.5 Å². The minimum Gasteiger partial charge on any atom is -0.409 e. The van der Waals surface area contributed by atoms with Crippen LogP contribution in [0.2, 0.25) is 0 Å². The van der Waals surface area contributed by atoms with Crippen molar-refractivity contribution >= 4 is 5.84 Å². The Kier molecular flexibility index (Phi) is 1.93. The molecule has 1 aromatic carbocycles. The Morgan fingerprint density at radius 2 is 2.23 bits per heavy atom. The number of fused-ring (bicyclic) bond motifs is 1. The van der Waals surface area contributed by atoms with Gasteiger partial charge in [-0.2, -0.15) is 0 Å². The maximum Gasteiger partial charge on any atom is 0.170 e. The number of hydrogen-bond donors (Lipinski definition) is 2. The average molecular weight is 176 g/mol. The van der Waals surface area contributed by atoms with Gasteiger partial charge in [0.15, 0.2) is 5.84 Å². The number of nitrogens with two attached hydrogens (primary N) is 1. The van der Waals surface area contributed by atoms with Gasteiger partial charge in [-0.15, -0.1) is 0 Å². The van der Waals surface area contributed by atoms with E-state index in [0.717, 1.165) is 18.4 Å². The fourth-order valence-corrected chi connectivity index (χ4v) is 1.91. The van der Waals surface area contributed by atoms with Crippen LogP contribution in [0.1, 0.15) is 23.1 Å². The van der Waals surface area contributed by atoms with E-state index >= 15 is 0 Å². The molecule has 0 spiro atoms. The van der Waals surface area contributed by atoms with E-state index in [9.17, 15) is 0 Å². The van der Waals surface area contributed by atoms with Crippen LogP contribution in [0.25, 0.3) is 0 Å². The van der Waals surface area contributed by atoms with Crippen LogP contribution in [0.15, 0.2) is 23.4 Å². The van der Waals surface area contributed by atoms with Crippen LogP contribution in [0.5, 0.6) is 0 Å². The third kappa shape index (κ3) is 1.26. The molecular formula is C10H12N2O. The SMILES string of the molecule is N/C(=N/O)c1cccc2c1CCC2. The first-order valence-corrected chi connectivity index (χ1v) is 4.41. The Hall–Kier alpha value is -1.51. The molecule has 1 aromatic rings. The minimum absolute atomic E-state index is 0.221. The van der Waals surface area contributed by atoms with Gasteiger partial charge in [0.05, 0.1) is 0 Å². The summed E-state index contributed by atoms with van der Waals surface area (Å²) in [6.45, 7) is 0. The number of amidine groups is 1.